The van der Waals surface area contributed by atoms with Crippen molar-refractivity contribution in [2.24, 2.45) is 5.92 Å². The summed E-state index contributed by atoms with van der Waals surface area (Å²) in [5, 5.41) is 3.77. The molecule has 0 bridgehead atoms. The fourth-order valence-electron chi connectivity index (χ4n) is 4.20. The van der Waals surface area contributed by atoms with E-state index >= 15 is 0 Å². The first-order valence-electron chi connectivity index (χ1n) is 10.4. The molecule has 1 unspecified atom stereocenters. The molecular weight excluding hydrogens is 422 g/mol. The van der Waals surface area contributed by atoms with Gasteiger partial charge in [-0.25, -0.2) is 8.42 Å². The van der Waals surface area contributed by atoms with E-state index in [0.717, 1.165) is 5.56 Å². The molecule has 0 N–H and O–H groups in total. The van der Waals surface area contributed by atoms with E-state index in [9.17, 15) is 13.2 Å². The molecule has 2 aromatic rings. The summed E-state index contributed by atoms with van der Waals surface area (Å²) in [5.41, 5.74) is 1.28. The van der Waals surface area contributed by atoms with Gasteiger partial charge in [-0.1, -0.05) is 11.2 Å². The first kappa shape index (κ1) is 21.6. The van der Waals surface area contributed by atoms with Gasteiger partial charge in [0, 0.05) is 26.2 Å². The van der Waals surface area contributed by atoms with E-state index in [1.807, 2.05) is 25.1 Å². The molecule has 31 heavy (non-hydrogen) atoms. The van der Waals surface area contributed by atoms with Gasteiger partial charge in [0.1, 0.15) is 10.6 Å². The number of hydrogen-bond acceptors (Lipinski definition) is 7. The number of aryl methyl sites for hydroxylation is 2. The van der Waals surface area contributed by atoms with Gasteiger partial charge in [-0.2, -0.15) is 4.31 Å². The Morgan fingerprint density at radius 2 is 2.03 bits per heavy atom. The summed E-state index contributed by atoms with van der Waals surface area (Å²) in [5.74, 6) is 1.21. The molecule has 0 spiro atoms. The maximum absolute atomic E-state index is 13.3. The number of nitrogens with zero attached hydrogens (tertiary/aromatic N) is 3. The fraction of sp³-hybridized carbons (Fsp3) is 0.524. The second-order valence-corrected chi connectivity index (χ2v) is 9.77. The number of sulfonamides is 1. The number of rotatable bonds is 6. The lowest BCUT2D eigenvalue weighted by molar-refractivity contribution is -0.137. The summed E-state index contributed by atoms with van der Waals surface area (Å²) >= 11 is 0. The van der Waals surface area contributed by atoms with Crippen molar-refractivity contribution >= 4 is 15.9 Å². The van der Waals surface area contributed by atoms with Crippen molar-refractivity contribution in [2.75, 3.05) is 26.4 Å². The Balaban J connectivity index is 1.48. The van der Waals surface area contributed by atoms with Gasteiger partial charge in [0.2, 0.25) is 22.7 Å². The summed E-state index contributed by atoms with van der Waals surface area (Å²) in [6, 6.07) is 5.64. The largest absolute Gasteiger partial charge is 0.454 e. The number of fused-ring (bicyclic) bond motifs is 1. The van der Waals surface area contributed by atoms with Crippen LogP contribution in [0.4, 0.5) is 0 Å². The Bertz CT molecular complexity index is 1060. The first-order valence-corrected chi connectivity index (χ1v) is 11.9. The van der Waals surface area contributed by atoms with E-state index in [1.165, 1.54) is 4.31 Å². The van der Waals surface area contributed by atoms with Crippen molar-refractivity contribution in [3.8, 4) is 11.5 Å². The Labute approximate surface area is 181 Å². The van der Waals surface area contributed by atoms with Gasteiger partial charge in [0.15, 0.2) is 17.3 Å². The molecule has 1 aromatic heterocycles. The molecule has 3 heterocycles. The summed E-state index contributed by atoms with van der Waals surface area (Å²) in [6.07, 6.45) is 1.28. The van der Waals surface area contributed by atoms with Crippen LogP contribution in [0.15, 0.2) is 27.6 Å². The van der Waals surface area contributed by atoms with Gasteiger partial charge >= 0.3 is 0 Å². The monoisotopic (exact) mass is 449 g/mol. The number of piperidine rings is 1. The van der Waals surface area contributed by atoms with E-state index in [0.29, 0.717) is 49.7 Å². The van der Waals surface area contributed by atoms with Crippen LogP contribution in [0, 0.1) is 19.8 Å². The van der Waals surface area contributed by atoms with Crippen LogP contribution < -0.4 is 9.47 Å². The standard InChI is InChI=1S/C21H27N3O6S/c1-4-23(11-16-7-8-18-19(10-16)29-13-28-18)21(25)17-6-5-9-24(12-17)31(26,27)20-14(2)22-30-15(20)3/h7-8,10,17H,4-6,9,11-13H2,1-3H3. The van der Waals surface area contributed by atoms with Crippen LogP contribution in [-0.2, 0) is 21.4 Å². The number of benzene rings is 1. The van der Waals surface area contributed by atoms with Crippen molar-refractivity contribution in [3.05, 3.63) is 35.2 Å². The Kier molecular flexibility index (Phi) is 5.94. The molecule has 1 amide bonds. The summed E-state index contributed by atoms with van der Waals surface area (Å²) in [4.78, 5) is 15.1. The quantitative estimate of drug-likeness (QED) is 0.667. The van der Waals surface area contributed by atoms with E-state index < -0.39 is 15.9 Å². The van der Waals surface area contributed by atoms with Crippen LogP contribution in [0.2, 0.25) is 0 Å². The van der Waals surface area contributed by atoms with Crippen LogP contribution in [0.5, 0.6) is 11.5 Å². The fourth-order valence-corrected chi connectivity index (χ4v) is 6.01. The molecule has 0 saturated carbocycles. The first-order chi connectivity index (χ1) is 14.8. The third kappa shape index (κ3) is 4.14. The lowest BCUT2D eigenvalue weighted by Gasteiger charge is -2.34. The highest BCUT2D eigenvalue weighted by molar-refractivity contribution is 7.89. The second kappa shape index (κ2) is 8.51. The topological polar surface area (TPSA) is 102 Å². The molecular formula is C21H27N3O6S. The zero-order valence-corrected chi connectivity index (χ0v) is 18.8. The lowest BCUT2D eigenvalue weighted by Crippen LogP contribution is -2.46. The zero-order valence-electron chi connectivity index (χ0n) is 18.0. The van der Waals surface area contributed by atoms with Gasteiger partial charge in [-0.15, -0.1) is 0 Å². The minimum absolute atomic E-state index is 0.0428. The molecule has 4 rings (SSSR count). The highest BCUT2D eigenvalue weighted by Gasteiger charge is 2.37. The number of hydrogen-bond donors (Lipinski definition) is 0. The molecule has 2 aliphatic heterocycles. The van der Waals surface area contributed by atoms with Gasteiger partial charge in [0.25, 0.3) is 0 Å². The van der Waals surface area contributed by atoms with Crippen molar-refractivity contribution < 1.29 is 27.2 Å². The molecule has 1 saturated heterocycles. The summed E-state index contributed by atoms with van der Waals surface area (Å²) in [6.45, 7) is 6.81. The molecule has 1 fully saturated rings. The third-order valence-corrected chi connectivity index (χ3v) is 7.91. The van der Waals surface area contributed by atoms with Crippen LogP contribution in [-0.4, -0.2) is 55.1 Å². The summed E-state index contributed by atoms with van der Waals surface area (Å²) < 4.78 is 43.6. The average molecular weight is 450 g/mol. The molecule has 168 valence electrons. The number of carbonyl (C=O) groups is 1. The average Bonchev–Trinajstić information content (AvgIpc) is 3.37. The van der Waals surface area contributed by atoms with Gasteiger partial charge < -0.3 is 18.9 Å². The molecule has 10 heteroatoms. The van der Waals surface area contributed by atoms with Crippen LogP contribution >= 0.6 is 0 Å². The van der Waals surface area contributed by atoms with Gasteiger partial charge in [0.05, 0.1) is 5.92 Å². The predicted molar refractivity (Wildman–Crippen MR) is 111 cm³/mol. The van der Waals surface area contributed by atoms with Crippen LogP contribution in [0.1, 0.15) is 36.8 Å². The maximum Gasteiger partial charge on any atom is 0.248 e. The van der Waals surface area contributed by atoms with Crippen molar-refractivity contribution in [1.82, 2.24) is 14.4 Å². The highest BCUT2D eigenvalue weighted by atomic mass is 32.2. The van der Waals surface area contributed by atoms with E-state index in [1.54, 1.807) is 18.7 Å². The molecule has 0 radical (unpaired) electrons. The molecule has 1 atom stereocenters. The van der Waals surface area contributed by atoms with E-state index in [2.05, 4.69) is 5.16 Å². The molecule has 9 nitrogen and oxygen atoms in total. The van der Waals surface area contributed by atoms with Crippen LogP contribution in [0.25, 0.3) is 0 Å². The normalized spacial score (nSPS) is 18.9. The Morgan fingerprint density at radius 1 is 1.26 bits per heavy atom. The smallest absolute Gasteiger partial charge is 0.248 e. The maximum atomic E-state index is 13.3. The highest BCUT2D eigenvalue weighted by Crippen LogP contribution is 2.33. The molecule has 0 aliphatic carbocycles. The van der Waals surface area contributed by atoms with Gasteiger partial charge in [-0.3, -0.25) is 4.79 Å². The lowest BCUT2D eigenvalue weighted by atomic mass is 9.97. The summed E-state index contributed by atoms with van der Waals surface area (Å²) in [7, 11) is -3.77. The minimum Gasteiger partial charge on any atom is -0.454 e. The Hall–Kier alpha value is -2.59. The van der Waals surface area contributed by atoms with Crippen molar-refractivity contribution in [1.29, 1.82) is 0 Å². The Morgan fingerprint density at radius 3 is 2.74 bits per heavy atom. The minimum atomic E-state index is -3.77. The number of carbonyl (C=O) groups excluding carboxylic acids is 1. The van der Waals surface area contributed by atoms with E-state index in [4.69, 9.17) is 14.0 Å². The predicted octanol–water partition coefficient (Wildman–Crippen LogP) is 2.47. The van der Waals surface area contributed by atoms with Crippen molar-refractivity contribution in [3.63, 3.8) is 0 Å². The van der Waals surface area contributed by atoms with E-state index in [-0.39, 0.29) is 29.9 Å². The van der Waals surface area contributed by atoms with Gasteiger partial charge in [-0.05, 0) is 51.3 Å². The van der Waals surface area contributed by atoms with Crippen LogP contribution in [0.3, 0.4) is 0 Å². The molecule has 2 aliphatic rings. The SMILES string of the molecule is CCN(Cc1ccc2c(c1)OCO2)C(=O)C1CCCN(S(=O)(=O)c2c(C)noc2C)C1. The van der Waals surface area contributed by atoms with Crippen molar-refractivity contribution in [2.45, 2.75) is 45.1 Å². The second-order valence-electron chi connectivity index (χ2n) is 7.90. The zero-order chi connectivity index (χ0) is 22.2. The third-order valence-electron chi connectivity index (χ3n) is 5.80. The number of ether oxygens (including phenoxy) is 2. The number of amides is 1. The number of aromatic nitrogens is 1. The molecule has 1 aromatic carbocycles.